The first kappa shape index (κ1) is 21.5. The number of hydrogen-bond acceptors (Lipinski definition) is 4. The van der Waals surface area contributed by atoms with Gasteiger partial charge in [-0.25, -0.2) is 0 Å². The molecule has 0 saturated carbocycles. The van der Waals surface area contributed by atoms with Gasteiger partial charge in [-0.1, -0.05) is 42.0 Å². The van der Waals surface area contributed by atoms with Crippen LogP contribution in [0.15, 0.2) is 48.5 Å². The van der Waals surface area contributed by atoms with Gasteiger partial charge in [0.2, 0.25) is 5.91 Å². The molecule has 0 aliphatic heterocycles. The Bertz CT molecular complexity index is 766. The van der Waals surface area contributed by atoms with E-state index in [0.29, 0.717) is 12.8 Å². The predicted octanol–water partition coefficient (Wildman–Crippen LogP) is 4.14. The summed E-state index contributed by atoms with van der Waals surface area (Å²) < 4.78 is 10.4. The molecular formula is C23H29NO4. The van der Waals surface area contributed by atoms with E-state index < -0.39 is 6.04 Å². The minimum absolute atomic E-state index is 0.0984. The first-order valence-corrected chi connectivity index (χ1v) is 9.55. The summed E-state index contributed by atoms with van der Waals surface area (Å²) in [6.07, 6.45) is 0.882. The zero-order valence-electron chi connectivity index (χ0n) is 17.0. The second kappa shape index (κ2) is 10.5. The van der Waals surface area contributed by atoms with E-state index in [1.807, 2.05) is 69.3 Å². The highest BCUT2D eigenvalue weighted by atomic mass is 16.5. The van der Waals surface area contributed by atoms with Crippen molar-refractivity contribution >= 4 is 11.9 Å². The van der Waals surface area contributed by atoms with Gasteiger partial charge in [-0.3, -0.25) is 9.59 Å². The Morgan fingerprint density at radius 2 is 1.64 bits per heavy atom. The van der Waals surface area contributed by atoms with Crippen LogP contribution >= 0.6 is 0 Å². The molecule has 0 radical (unpaired) electrons. The van der Waals surface area contributed by atoms with E-state index in [1.165, 1.54) is 0 Å². The van der Waals surface area contributed by atoms with Crippen LogP contribution in [0.25, 0.3) is 0 Å². The Morgan fingerprint density at radius 1 is 1.00 bits per heavy atom. The standard InChI is InChI=1S/C23H29NO4/c1-16(2)28-23(26)15-21(19-10-5-17(3)6-11-19)24-22(25)14-9-18-7-12-20(27-4)13-8-18/h5-8,10-13,16,21H,9,14-15H2,1-4H3,(H,24,25). The van der Waals surface area contributed by atoms with Gasteiger partial charge in [-0.05, 0) is 50.5 Å². The molecule has 2 aromatic rings. The maximum absolute atomic E-state index is 12.5. The zero-order chi connectivity index (χ0) is 20.5. The molecule has 0 spiro atoms. The number of rotatable bonds is 9. The van der Waals surface area contributed by atoms with Crippen LogP contribution in [0.1, 0.15) is 49.4 Å². The van der Waals surface area contributed by atoms with Crippen LogP contribution in [0.2, 0.25) is 0 Å². The van der Waals surface area contributed by atoms with E-state index in [0.717, 1.165) is 22.4 Å². The first-order chi connectivity index (χ1) is 13.4. The molecule has 0 fully saturated rings. The summed E-state index contributed by atoms with van der Waals surface area (Å²) in [5.74, 6) is 0.367. The van der Waals surface area contributed by atoms with Gasteiger partial charge < -0.3 is 14.8 Å². The molecule has 0 bridgehead atoms. The molecule has 0 heterocycles. The number of hydrogen-bond donors (Lipinski definition) is 1. The maximum Gasteiger partial charge on any atom is 0.308 e. The monoisotopic (exact) mass is 383 g/mol. The summed E-state index contributed by atoms with van der Waals surface area (Å²) in [5, 5.41) is 2.99. The zero-order valence-corrected chi connectivity index (χ0v) is 17.0. The number of aryl methyl sites for hydroxylation is 2. The molecule has 1 unspecified atom stereocenters. The van der Waals surface area contributed by atoms with Crippen LogP contribution in [0.5, 0.6) is 5.75 Å². The highest BCUT2D eigenvalue weighted by Gasteiger charge is 2.20. The number of nitrogens with one attached hydrogen (secondary N) is 1. The van der Waals surface area contributed by atoms with Gasteiger partial charge in [0.05, 0.1) is 25.7 Å². The van der Waals surface area contributed by atoms with E-state index in [-0.39, 0.29) is 24.4 Å². The summed E-state index contributed by atoms with van der Waals surface area (Å²) in [6.45, 7) is 5.62. The van der Waals surface area contributed by atoms with Crippen molar-refractivity contribution in [1.82, 2.24) is 5.32 Å². The Morgan fingerprint density at radius 3 is 2.21 bits per heavy atom. The molecule has 1 atom stereocenters. The van der Waals surface area contributed by atoms with Crippen molar-refractivity contribution in [2.45, 2.75) is 52.2 Å². The number of ether oxygens (including phenoxy) is 2. The molecule has 1 amide bonds. The highest BCUT2D eigenvalue weighted by Crippen LogP contribution is 2.19. The second-order valence-corrected chi connectivity index (χ2v) is 7.12. The number of esters is 1. The van der Waals surface area contributed by atoms with Crippen molar-refractivity contribution in [2.24, 2.45) is 0 Å². The molecule has 28 heavy (non-hydrogen) atoms. The number of carbonyl (C=O) groups is 2. The quantitative estimate of drug-likeness (QED) is 0.661. The van der Waals surface area contributed by atoms with Gasteiger partial charge in [0.1, 0.15) is 5.75 Å². The lowest BCUT2D eigenvalue weighted by Gasteiger charge is -2.20. The van der Waals surface area contributed by atoms with Gasteiger partial charge in [-0.2, -0.15) is 0 Å². The minimum atomic E-state index is -0.407. The average molecular weight is 383 g/mol. The SMILES string of the molecule is COc1ccc(CCC(=O)NC(CC(=O)OC(C)C)c2ccc(C)cc2)cc1. The van der Waals surface area contributed by atoms with Crippen LogP contribution < -0.4 is 10.1 Å². The van der Waals surface area contributed by atoms with Gasteiger partial charge in [0, 0.05) is 6.42 Å². The molecule has 5 heteroatoms. The third-order valence-corrected chi connectivity index (χ3v) is 4.35. The minimum Gasteiger partial charge on any atom is -0.497 e. The Balaban J connectivity index is 2.00. The van der Waals surface area contributed by atoms with E-state index in [2.05, 4.69) is 5.32 Å². The molecule has 0 saturated heterocycles. The fraction of sp³-hybridized carbons (Fsp3) is 0.391. The molecule has 150 valence electrons. The molecule has 0 aliphatic rings. The Kier molecular flexibility index (Phi) is 8.05. The molecule has 0 aromatic heterocycles. The Labute approximate surface area is 167 Å². The lowest BCUT2D eigenvalue weighted by atomic mass is 10.0. The van der Waals surface area contributed by atoms with Crippen LogP contribution in [-0.2, 0) is 20.7 Å². The van der Waals surface area contributed by atoms with Crippen molar-refractivity contribution in [3.05, 3.63) is 65.2 Å². The summed E-state index contributed by atoms with van der Waals surface area (Å²) >= 11 is 0. The molecule has 1 N–H and O–H groups in total. The van der Waals surface area contributed by atoms with E-state index in [4.69, 9.17) is 9.47 Å². The van der Waals surface area contributed by atoms with Crippen LogP contribution in [-0.4, -0.2) is 25.1 Å². The topological polar surface area (TPSA) is 64.6 Å². The third kappa shape index (κ3) is 7.06. The summed E-state index contributed by atoms with van der Waals surface area (Å²) in [6, 6.07) is 15.1. The number of methoxy groups -OCH3 is 1. The second-order valence-electron chi connectivity index (χ2n) is 7.12. The van der Waals surface area contributed by atoms with Gasteiger partial charge in [0.15, 0.2) is 0 Å². The Hall–Kier alpha value is -2.82. The fourth-order valence-corrected chi connectivity index (χ4v) is 2.85. The average Bonchev–Trinajstić information content (AvgIpc) is 2.66. The maximum atomic E-state index is 12.5. The summed E-state index contributed by atoms with van der Waals surface area (Å²) in [4.78, 5) is 24.6. The third-order valence-electron chi connectivity index (χ3n) is 4.35. The molecule has 2 rings (SSSR count). The van der Waals surface area contributed by atoms with Crippen molar-refractivity contribution in [2.75, 3.05) is 7.11 Å². The fourth-order valence-electron chi connectivity index (χ4n) is 2.85. The number of benzene rings is 2. The van der Waals surface area contributed by atoms with Gasteiger partial charge in [0.25, 0.3) is 0 Å². The summed E-state index contributed by atoms with van der Waals surface area (Å²) in [7, 11) is 1.62. The van der Waals surface area contributed by atoms with Crippen LogP contribution in [0.4, 0.5) is 0 Å². The number of amides is 1. The lowest BCUT2D eigenvalue weighted by molar-refractivity contribution is -0.148. The highest BCUT2D eigenvalue weighted by molar-refractivity contribution is 5.78. The van der Waals surface area contributed by atoms with Crippen molar-refractivity contribution in [3.63, 3.8) is 0 Å². The molecular weight excluding hydrogens is 354 g/mol. The predicted molar refractivity (Wildman–Crippen MR) is 109 cm³/mol. The van der Waals surface area contributed by atoms with Gasteiger partial charge in [-0.15, -0.1) is 0 Å². The van der Waals surface area contributed by atoms with E-state index in [9.17, 15) is 9.59 Å². The van der Waals surface area contributed by atoms with Crippen molar-refractivity contribution < 1.29 is 19.1 Å². The van der Waals surface area contributed by atoms with Crippen LogP contribution in [0, 0.1) is 6.92 Å². The number of carbonyl (C=O) groups excluding carboxylic acids is 2. The molecule has 0 aliphatic carbocycles. The van der Waals surface area contributed by atoms with Crippen LogP contribution in [0.3, 0.4) is 0 Å². The van der Waals surface area contributed by atoms with Crippen molar-refractivity contribution in [3.8, 4) is 5.75 Å². The molecule has 5 nitrogen and oxygen atoms in total. The van der Waals surface area contributed by atoms with E-state index >= 15 is 0 Å². The van der Waals surface area contributed by atoms with Crippen molar-refractivity contribution in [1.29, 1.82) is 0 Å². The summed E-state index contributed by atoms with van der Waals surface area (Å²) in [5.41, 5.74) is 3.07. The lowest BCUT2D eigenvalue weighted by Crippen LogP contribution is -2.31. The molecule has 2 aromatic carbocycles. The first-order valence-electron chi connectivity index (χ1n) is 9.55. The largest absolute Gasteiger partial charge is 0.497 e. The van der Waals surface area contributed by atoms with Gasteiger partial charge >= 0.3 is 5.97 Å². The van der Waals surface area contributed by atoms with E-state index in [1.54, 1.807) is 7.11 Å². The normalized spacial score (nSPS) is 11.8. The smallest absolute Gasteiger partial charge is 0.308 e.